The van der Waals surface area contributed by atoms with E-state index in [1.165, 1.54) is 17.8 Å². The zero-order chi connectivity index (χ0) is 14.8. The molecule has 0 N–H and O–H groups in total. The number of hydrogen-bond donors (Lipinski definition) is 0. The van der Waals surface area contributed by atoms with Gasteiger partial charge in [0.15, 0.2) is 0 Å². The number of rotatable bonds is 3. The minimum atomic E-state index is -0.480. The fraction of sp³-hybridized carbons (Fsp3) is 0.250. The lowest BCUT2D eigenvalue weighted by Gasteiger charge is -2.39. The molecule has 1 aromatic carbocycles. The van der Waals surface area contributed by atoms with E-state index in [4.69, 9.17) is 0 Å². The molecule has 0 saturated carbocycles. The van der Waals surface area contributed by atoms with Crippen LogP contribution in [0.1, 0.15) is 15.9 Å². The molecule has 3 rings (SSSR count). The largest absolute Gasteiger partial charge is 0.338 e. The van der Waals surface area contributed by atoms with E-state index < -0.39 is 5.82 Å². The molecule has 0 atom stereocenters. The molecule has 1 amide bonds. The second-order valence-corrected chi connectivity index (χ2v) is 6.22. The highest BCUT2D eigenvalue weighted by molar-refractivity contribution is 9.10. The predicted octanol–water partition coefficient (Wildman–Crippen LogP) is 3.30. The van der Waals surface area contributed by atoms with Gasteiger partial charge < -0.3 is 4.90 Å². The third-order valence-corrected chi connectivity index (χ3v) is 4.10. The van der Waals surface area contributed by atoms with Crippen molar-refractivity contribution in [2.45, 2.75) is 6.42 Å². The fourth-order valence-corrected chi connectivity index (χ4v) is 3.02. The summed E-state index contributed by atoms with van der Waals surface area (Å²) in [4.78, 5) is 17.6. The van der Waals surface area contributed by atoms with E-state index in [1.807, 2.05) is 12.1 Å². The molecule has 5 heteroatoms. The number of pyridine rings is 1. The van der Waals surface area contributed by atoms with E-state index in [2.05, 4.69) is 33.0 Å². The Morgan fingerprint density at radius 1 is 1.33 bits per heavy atom. The highest BCUT2D eigenvalue weighted by atomic mass is 79.9. The lowest BCUT2D eigenvalue weighted by Crippen LogP contribution is -2.50. The third-order valence-electron chi connectivity index (χ3n) is 3.61. The van der Waals surface area contributed by atoms with E-state index in [0.29, 0.717) is 24.6 Å². The number of carbonyl (C=O) groups excluding carboxylic acids is 1. The Morgan fingerprint density at radius 3 is 2.86 bits per heavy atom. The highest BCUT2D eigenvalue weighted by Crippen LogP contribution is 2.23. The zero-order valence-electron chi connectivity index (χ0n) is 11.3. The summed E-state index contributed by atoms with van der Waals surface area (Å²) < 4.78 is 14.1. The van der Waals surface area contributed by atoms with Gasteiger partial charge in [-0.3, -0.25) is 9.78 Å². The summed E-state index contributed by atoms with van der Waals surface area (Å²) in [5, 5.41) is 0. The van der Waals surface area contributed by atoms with E-state index >= 15 is 0 Å². The van der Waals surface area contributed by atoms with Crippen LogP contribution in [0.4, 0.5) is 4.39 Å². The van der Waals surface area contributed by atoms with Gasteiger partial charge in [0.25, 0.3) is 5.91 Å². The molecule has 108 valence electrons. The Labute approximate surface area is 130 Å². The van der Waals surface area contributed by atoms with Crippen molar-refractivity contribution in [3.05, 3.63) is 64.1 Å². The van der Waals surface area contributed by atoms with Gasteiger partial charge in [-0.05, 0) is 36.1 Å². The quantitative estimate of drug-likeness (QED) is 0.852. The summed E-state index contributed by atoms with van der Waals surface area (Å²) in [7, 11) is 0. The lowest BCUT2D eigenvalue weighted by atomic mass is 9.91. The Bertz CT molecular complexity index is 671. The van der Waals surface area contributed by atoms with Crippen molar-refractivity contribution in [3.63, 3.8) is 0 Å². The number of carbonyl (C=O) groups is 1. The Kier molecular flexibility index (Phi) is 4.01. The van der Waals surface area contributed by atoms with Gasteiger partial charge in [-0.25, -0.2) is 4.39 Å². The first kappa shape index (κ1) is 14.2. The molecule has 1 aliphatic heterocycles. The summed E-state index contributed by atoms with van der Waals surface area (Å²) in [5.74, 6) is -0.163. The molecule has 0 bridgehead atoms. The van der Waals surface area contributed by atoms with Gasteiger partial charge in [0.05, 0.1) is 11.8 Å². The molecule has 0 aliphatic carbocycles. The number of hydrogen-bond acceptors (Lipinski definition) is 2. The van der Waals surface area contributed by atoms with Crippen LogP contribution in [-0.4, -0.2) is 28.9 Å². The topological polar surface area (TPSA) is 33.2 Å². The highest BCUT2D eigenvalue weighted by Gasteiger charge is 2.31. The van der Waals surface area contributed by atoms with Crippen molar-refractivity contribution >= 4 is 21.8 Å². The molecule has 2 aromatic rings. The maximum absolute atomic E-state index is 13.1. The van der Waals surface area contributed by atoms with Crippen LogP contribution < -0.4 is 0 Å². The molecule has 3 nitrogen and oxygen atoms in total. The summed E-state index contributed by atoms with van der Waals surface area (Å²) in [6, 6.07) is 9.43. The smallest absolute Gasteiger partial charge is 0.255 e. The molecular formula is C16H14BrFN2O. The van der Waals surface area contributed by atoms with Crippen LogP contribution in [-0.2, 0) is 6.42 Å². The van der Waals surface area contributed by atoms with E-state index in [1.54, 1.807) is 4.90 Å². The second kappa shape index (κ2) is 5.93. The van der Waals surface area contributed by atoms with Crippen molar-refractivity contribution in [1.82, 2.24) is 9.88 Å². The molecule has 1 aliphatic rings. The van der Waals surface area contributed by atoms with Crippen molar-refractivity contribution in [2.75, 3.05) is 13.1 Å². The fourth-order valence-electron chi connectivity index (χ4n) is 2.57. The van der Waals surface area contributed by atoms with Gasteiger partial charge in [0.1, 0.15) is 5.82 Å². The first-order valence-corrected chi connectivity index (χ1v) is 7.55. The Morgan fingerprint density at radius 2 is 2.14 bits per heavy atom. The van der Waals surface area contributed by atoms with Gasteiger partial charge in [0, 0.05) is 23.8 Å². The number of aromatic nitrogens is 1. The maximum Gasteiger partial charge on any atom is 0.255 e. The second-order valence-electron chi connectivity index (χ2n) is 5.30. The predicted molar refractivity (Wildman–Crippen MR) is 81.4 cm³/mol. The van der Waals surface area contributed by atoms with Gasteiger partial charge >= 0.3 is 0 Å². The molecule has 0 unspecified atom stereocenters. The molecule has 1 fully saturated rings. The molecule has 2 heterocycles. The zero-order valence-corrected chi connectivity index (χ0v) is 12.9. The number of halogens is 2. The van der Waals surface area contributed by atoms with E-state index in [-0.39, 0.29) is 5.91 Å². The van der Waals surface area contributed by atoms with Crippen molar-refractivity contribution < 1.29 is 9.18 Å². The maximum atomic E-state index is 13.1. The van der Waals surface area contributed by atoms with Crippen molar-refractivity contribution in [2.24, 2.45) is 5.92 Å². The lowest BCUT2D eigenvalue weighted by molar-refractivity contribution is 0.0500. The summed E-state index contributed by atoms with van der Waals surface area (Å²) >= 11 is 3.46. The SMILES string of the molecule is O=C(c1cncc(F)c1)N1CC(Cc2cccc(Br)c2)C1. The Hall–Kier alpha value is -1.75. The van der Waals surface area contributed by atoms with Gasteiger partial charge in [-0.1, -0.05) is 28.1 Å². The molecule has 1 aromatic heterocycles. The van der Waals surface area contributed by atoms with Crippen LogP contribution in [0, 0.1) is 11.7 Å². The molecule has 0 radical (unpaired) electrons. The average Bonchev–Trinajstić information content (AvgIpc) is 2.42. The number of benzene rings is 1. The monoisotopic (exact) mass is 348 g/mol. The number of amides is 1. The minimum absolute atomic E-state index is 0.146. The van der Waals surface area contributed by atoms with Gasteiger partial charge in [-0.15, -0.1) is 0 Å². The summed E-state index contributed by atoms with van der Waals surface area (Å²) in [5.41, 5.74) is 1.57. The minimum Gasteiger partial charge on any atom is -0.338 e. The van der Waals surface area contributed by atoms with Crippen LogP contribution >= 0.6 is 15.9 Å². The van der Waals surface area contributed by atoms with Crippen molar-refractivity contribution in [1.29, 1.82) is 0 Å². The molecule has 21 heavy (non-hydrogen) atoms. The van der Waals surface area contributed by atoms with Crippen LogP contribution in [0.5, 0.6) is 0 Å². The summed E-state index contributed by atoms with van der Waals surface area (Å²) in [6.45, 7) is 1.42. The van der Waals surface area contributed by atoms with Crippen LogP contribution in [0.15, 0.2) is 47.2 Å². The molecule has 1 saturated heterocycles. The van der Waals surface area contributed by atoms with Gasteiger partial charge in [-0.2, -0.15) is 0 Å². The third kappa shape index (κ3) is 3.29. The van der Waals surface area contributed by atoms with Crippen molar-refractivity contribution in [3.8, 4) is 0 Å². The van der Waals surface area contributed by atoms with Gasteiger partial charge in [0.2, 0.25) is 0 Å². The van der Waals surface area contributed by atoms with E-state index in [9.17, 15) is 9.18 Å². The molecular weight excluding hydrogens is 335 g/mol. The number of likely N-dealkylation sites (tertiary alicyclic amines) is 1. The van der Waals surface area contributed by atoms with Crippen LogP contribution in [0.2, 0.25) is 0 Å². The summed E-state index contributed by atoms with van der Waals surface area (Å²) in [6.07, 6.45) is 3.46. The first-order chi connectivity index (χ1) is 10.1. The standard InChI is InChI=1S/C16H14BrFN2O/c17-14-3-1-2-11(5-14)4-12-9-20(10-12)16(21)13-6-15(18)8-19-7-13/h1-3,5-8,12H,4,9-10H2. The molecule has 0 spiro atoms. The normalized spacial score (nSPS) is 14.9. The van der Waals surface area contributed by atoms with Crippen LogP contribution in [0.25, 0.3) is 0 Å². The Balaban J connectivity index is 1.57. The average molecular weight is 349 g/mol. The van der Waals surface area contributed by atoms with Crippen LogP contribution in [0.3, 0.4) is 0 Å². The van der Waals surface area contributed by atoms with E-state index in [0.717, 1.165) is 17.1 Å². The number of nitrogens with zero attached hydrogens (tertiary/aromatic N) is 2. The first-order valence-electron chi connectivity index (χ1n) is 6.76.